The molecule has 0 radical (unpaired) electrons. The Hall–Kier alpha value is -0.810. The first-order chi connectivity index (χ1) is 11.8. The monoisotopic (exact) mass is 343 g/mol. The quantitative estimate of drug-likeness (QED) is 0.390. The summed E-state index contributed by atoms with van der Waals surface area (Å²) in [6.45, 7) is 5.85. The molecule has 0 aromatic heterocycles. The Morgan fingerprint density at radius 2 is 1.25 bits per heavy atom. The molecule has 0 aromatic rings. The highest BCUT2D eigenvalue weighted by atomic mass is 16.6. The van der Waals surface area contributed by atoms with Crippen molar-refractivity contribution in [2.75, 3.05) is 32.8 Å². The van der Waals surface area contributed by atoms with Crippen LogP contribution in [0.25, 0.3) is 0 Å². The van der Waals surface area contributed by atoms with Crippen LogP contribution in [0.15, 0.2) is 0 Å². The number of ether oxygens (including phenoxy) is 1. The molecule has 0 spiro atoms. The van der Waals surface area contributed by atoms with Crippen LogP contribution in [-0.4, -0.2) is 43.8 Å². The number of rotatable bonds is 17. The normalized spacial score (nSPS) is 10.8. The second-order valence-electron chi connectivity index (χ2n) is 6.57. The fraction of sp³-hybridized carbons (Fsp3) is 0.947. The summed E-state index contributed by atoms with van der Waals surface area (Å²) in [5.74, 6) is 0. The molecule has 144 valence electrons. The molecule has 0 aliphatic carbocycles. The second kappa shape index (κ2) is 18.5. The van der Waals surface area contributed by atoms with Gasteiger partial charge >= 0.3 is 6.09 Å². The molecular formula is C19H41N3O2. The van der Waals surface area contributed by atoms with Crippen molar-refractivity contribution in [3.05, 3.63) is 0 Å². The summed E-state index contributed by atoms with van der Waals surface area (Å²) in [5, 5.41) is 0. The van der Waals surface area contributed by atoms with Gasteiger partial charge in [0.05, 0.1) is 6.61 Å². The Morgan fingerprint density at radius 3 is 1.75 bits per heavy atom. The number of nitrogens with two attached hydrogens (primary N) is 2. The Labute approximate surface area is 149 Å². The molecule has 0 unspecified atom stereocenters. The van der Waals surface area contributed by atoms with Crippen LogP contribution in [0.2, 0.25) is 0 Å². The van der Waals surface area contributed by atoms with Gasteiger partial charge in [0.25, 0.3) is 0 Å². The van der Waals surface area contributed by atoms with E-state index in [4.69, 9.17) is 16.2 Å². The Kier molecular flexibility index (Phi) is 17.9. The van der Waals surface area contributed by atoms with E-state index >= 15 is 0 Å². The summed E-state index contributed by atoms with van der Waals surface area (Å²) in [7, 11) is 0. The lowest BCUT2D eigenvalue weighted by molar-refractivity contribution is 0.0990. The number of carbonyl (C=O) groups is 1. The largest absolute Gasteiger partial charge is 0.449 e. The van der Waals surface area contributed by atoms with E-state index < -0.39 is 0 Å². The maximum absolute atomic E-state index is 12.3. The van der Waals surface area contributed by atoms with E-state index in [1.54, 1.807) is 0 Å². The van der Waals surface area contributed by atoms with Gasteiger partial charge in [-0.05, 0) is 45.2 Å². The van der Waals surface area contributed by atoms with Gasteiger partial charge in [-0.2, -0.15) is 0 Å². The van der Waals surface area contributed by atoms with Gasteiger partial charge in [0.1, 0.15) is 0 Å². The predicted octanol–water partition coefficient (Wildman–Crippen LogP) is 4.04. The lowest BCUT2D eigenvalue weighted by Crippen LogP contribution is -2.33. The first-order valence-electron chi connectivity index (χ1n) is 10.1. The third-order valence-corrected chi connectivity index (χ3v) is 4.25. The van der Waals surface area contributed by atoms with Crippen LogP contribution in [0.3, 0.4) is 0 Å². The van der Waals surface area contributed by atoms with Gasteiger partial charge in [-0.15, -0.1) is 0 Å². The zero-order valence-electron chi connectivity index (χ0n) is 15.9. The maximum atomic E-state index is 12.3. The van der Waals surface area contributed by atoms with E-state index in [0.29, 0.717) is 6.61 Å². The van der Waals surface area contributed by atoms with Gasteiger partial charge in [0, 0.05) is 13.1 Å². The summed E-state index contributed by atoms with van der Waals surface area (Å²) in [4.78, 5) is 14.2. The molecule has 0 saturated heterocycles. The zero-order chi connectivity index (χ0) is 17.9. The summed E-state index contributed by atoms with van der Waals surface area (Å²) < 4.78 is 5.45. The van der Waals surface area contributed by atoms with E-state index in [1.807, 2.05) is 4.90 Å². The molecule has 0 aliphatic heterocycles. The average molecular weight is 344 g/mol. The Bertz CT molecular complexity index is 261. The van der Waals surface area contributed by atoms with Crippen LogP contribution < -0.4 is 11.5 Å². The van der Waals surface area contributed by atoms with Crippen molar-refractivity contribution in [3.8, 4) is 0 Å². The van der Waals surface area contributed by atoms with Crippen LogP contribution >= 0.6 is 0 Å². The number of carbonyl (C=O) groups excluding carboxylic acids is 1. The molecule has 0 atom stereocenters. The van der Waals surface area contributed by atoms with Crippen molar-refractivity contribution in [2.45, 2.75) is 84.0 Å². The molecule has 0 aromatic carbocycles. The van der Waals surface area contributed by atoms with Gasteiger partial charge in [0.15, 0.2) is 0 Å². The highest BCUT2D eigenvalue weighted by molar-refractivity contribution is 5.67. The summed E-state index contributed by atoms with van der Waals surface area (Å²) in [5.41, 5.74) is 11.0. The smallest absolute Gasteiger partial charge is 0.409 e. The molecule has 24 heavy (non-hydrogen) atoms. The minimum atomic E-state index is -0.135. The minimum absolute atomic E-state index is 0.135. The third-order valence-electron chi connectivity index (χ3n) is 4.25. The predicted molar refractivity (Wildman–Crippen MR) is 102 cm³/mol. The molecule has 5 heteroatoms. The van der Waals surface area contributed by atoms with Crippen molar-refractivity contribution < 1.29 is 9.53 Å². The highest BCUT2D eigenvalue weighted by Crippen LogP contribution is 2.08. The van der Waals surface area contributed by atoms with Crippen LogP contribution in [0.1, 0.15) is 84.0 Å². The molecule has 4 N–H and O–H groups in total. The fourth-order valence-corrected chi connectivity index (χ4v) is 2.68. The third kappa shape index (κ3) is 14.8. The zero-order valence-corrected chi connectivity index (χ0v) is 15.9. The van der Waals surface area contributed by atoms with Crippen LogP contribution in [0, 0.1) is 0 Å². The van der Waals surface area contributed by atoms with Crippen molar-refractivity contribution in [2.24, 2.45) is 11.5 Å². The topological polar surface area (TPSA) is 81.6 Å². The number of nitrogens with zero attached hydrogens (tertiary/aromatic N) is 1. The van der Waals surface area contributed by atoms with Gasteiger partial charge in [0.2, 0.25) is 0 Å². The van der Waals surface area contributed by atoms with Gasteiger partial charge in [-0.25, -0.2) is 4.79 Å². The molecule has 0 rings (SSSR count). The van der Waals surface area contributed by atoms with Crippen LogP contribution in [-0.2, 0) is 4.74 Å². The SMILES string of the molecule is CCCCCCOC(=O)N(CCCCCCN)CCCCCCN. The van der Waals surface area contributed by atoms with E-state index in [0.717, 1.165) is 90.4 Å². The first kappa shape index (κ1) is 23.2. The standard InChI is InChI=1S/C19H41N3O2/c1-2-3-4-13-18-24-19(23)22(16-11-7-5-9-14-20)17-12-8-6-10-15-21/h2-18,20-21H2,1H3. The summed E-state index contributed by atoms with van der Waals surface area (Å²) in [6.07, 6.45) is 13.2. The lowest BCUT2D eigenvalue weighted by Gasteiger charge is -2.22. The molecule has 0 aliphatic rings. The molecule has 0 fully saturated rings. The molecule has 0 saturated carbocycles. The number of amides is 1. The van der Waals surface area contributed by atoms with Crippen molar-refractivity contribution in [3.63, 3.8) is 0 Å². The lowest BCUT2D eigenvalue weighted by atomic mass is 10.1. The number of hydrogen-bond acceptors (Lipinski definition) is 4. The van der Waals surface area contributed by atoms with Crippen LogP contribution in [0.4, 0.5) is 4.79 Å². The second-order valence-corrected chi connectivity index (χ2v) is 6.57. The minimum Gasteiger partial charge on any atom is -0.449 e. The average Bonchev–Trinajstić information content (AvgIpc) is 2.59. The van der Waals surface area contributed by atoms with Gasteiger partial charge in [-0.1, -0.05) is 51.9 Å². The van der Waals surface area contributed by atoms with E-state index in [2.05, 4.69) is 6.92 Å². The van der Waals surface area contributed by atoms with Crippen molar-refractivity contribution in [1.82, 2.24) is 4.90 Å². The van der Waals surface area contributed by atoms with Crippen molar-refractivity contribution in [1.29, 1.82) is 0 Å². The van der Waals surface area contributed by atoms with E-state index in [9.17, 15) is 4.79 Å². The molecule has 0 bridgehead atoms. The molecule has 0 heterocycles. The van der Waals surface area contributed by atoms with Gasteiger partial charge < -0.3 is 21.1 Å². The van der Waals surface area contributed by atoms with E-state index in [-0.39, 0.29) is 6.09 Å². The molecular weight excluding hydrogens is 302 g/mol. The van der Waals surface area contributed by atoms with Crippen molar-refractivity contribution >= 4 is 6.09 Å². The number of unbranched alkanes of at least 4 members (excludes halogenated alkanes) is 9. The molecule has 1 amide bonds. The maximum Gasteiger partial charge on any atom is 0.409 e. The van der Waals surface area contributed by atoms with Gasteiger partial charge in [-0.3, -0.25) is 0 Å². The molecule has 5 nitrogen and oxygen atoms in total. The Morgan fingerprint density at radius 1 is 0.750 bits per heavy atom. The fourth-order valence-electron chi connectivity index (χ4n) is 2.68. The highest BCUT2D eigenvalue weighted by Gasteiger charge is 2.14. The van der Waals surface area contributed by atoms with Crippen LogP contribution in [0.5, 0.6) is 0 Å². The summed E-state index contributed by atoms with van der Waals surface area (Å²) >= 11 is 0. The number of hydrogen-bond donors (Lipinski definition) is 2. The Balaban J connectivity index is 4.00. The first-order valence-corrected chi connectivity index (χ1v) is 10.1. The van der Waals surface area contributed by atoms with E-state index in [1.165, 1.54) is 12.8 Å². The summed E-state index contributed by atoms with van der Waals surface area (Å²) in [6, 6.07) is 0.